The SMILES string of the molecule is Cc1cccc(C)c1OCC(C)N.NC(=O)C(N)Cc1ccc(O)cc1. The Kier molecular flexibility index (Phi) is 8.61. The molecule has 0 radical (unpaired) electrons. The smallest absolute Gasteiger partial charge is 0.234 e. The predicted octanol–water partition coefficient (Wildman–Crippen LogP) is 1.78. The van der Waals surface area contributed by atoms with E-state index in [1.807, 2.05) is 39.0 Å². The number of nitrogens with two attached hydrogens (primary N) is 3. The minimum atomic E-state index is -0.662. The normalized spacial score (nSPS) is 12.5. The molecule has 26 heavy (non-hydrogen) atoms. The monoisotopic (exact) mass is 359 g/mol. The van der Waals surface area contributed by atoms with Crippen molar-refractivity contribution in [1.82, 2.24) is 0 Å². The van der Waals surface area contributed by atoms with Crippen LogP contribution in [0.4, 0.5) is 0 Å². The number of ether oxygens (including phenoxy) is 1. The number of aromatic hydroxyl groups is 1. The highest BCUT2D eigenvalue weighted by molar-refractivity contribution is 5.79. The molecule has 0 saturated heterocycles. The molecular formula is C20H29N3O3. The summed E-state index contributed by atoms with van der Waals surface area (Å²) in [7, 11) is 0. The molecule has 6 nitrogen and oxygen atoms in total. The number of para-hydroxylation sites is 1. The zero-order valence-corrected chi connectivity index (χ0v) is 15.6. The van der Waals surface area contributed by atoms with Crippen molar-refractivity contribution in [2.75, 3.05) is 6.61 Å². The zero-order chi connectivity index (χ0) is 19.7. The third-order valence-electron chi connectivity index (χ3n) is 3.66. The number of rotatable bonds is 6. The van der Waals surface area contributed by atoms with Crippen molar-refractivity contribution in [2.45, 2.75) is 39.3 Å². The van der Waals surface area contributed by atoms with Crippen LogP contribution < -0.4 is 21.9 Å². The summed E-state index contributed by atoms with van der Waals surface area (Å²) >= 11 is 0. The maximum absolute atomic E-state index is 10.6. The minimum Gasteiger partial charge on any atom is -0.508 e. The molecule has 0 saturated carbocycles. The summed E-state index contributed by atoms with van der Waals surface area (Å²) in [6, 6.07) is 12.0. The number of amides is 1. The Morgan fingerprint density at radius 1 is 1.08 bits per heavy atom. The van der Waals surface area contributed by atoms with Gasteiger partial charge in [-0.05, 0) is 56.0 Å². The highest BCUT2D eigenvalue weighted by Gasteiger charge is 2.09. The Hall–Kier alpha value is -2.57. The Morgan fingerprint density at radius 3 is 2.08 bits per heavy atom. The number of phenolic OH excluding ortho intramolecular Hbond substituents is 1. The molecule has 0 aliphatic carbocycles. The Labute approximate surface area is 155 Å². The highest BCUT2D eigenvalue weighted by Crippen LogP contribution is 2.22. The molecule has 0 spiro atoms. The zero-order valence-electron chi connectivity index (χ0n) is 15.6. The molecule has 2 aromatic carbocycles. The minimum absolute atomic E-state index is 0.0824. The van der Waals surface area contributed by atoms with Gasteiger partial charge >= 0.3 is 0 Å². The standard InChI is InChI=1S/C11H17NO.C9H12N2O2/c1-8-5-4-6-9(2)11(8)13-7-10(3)12;10-8(9(11)13)5-6-1-3-7(12)4-2-6/h4-6,10H,7,12H2,1-3H3;1-4,8,12H,5,10H2,(H2,11,13). The van der Waals surface area contributed by atoms with Gasteiger partial charge in [0, 0.05) is 6.04 Å². The molecule has 2 rings (SSSR count). The van der Waals surface area contributed by atoms with Crippen LogP contribution in [-0.2, 0) is 11.2 Å². The van der Waals surface area contributed by atoms with E-state index in [4.69, 9.17) is 27.0 Å². The molecule has 0 bridgehead atoms. The molecule has 0 fully saturated rings. The van der Waals surface area contributed by atoms with E-state index in [-0.39, 0.29) is 11.8 Å². The lowest BCUT2D eigenvalue weighted by atomic mass is 10.1. The first-order chi connectivity index (χ1) is 12.2. The highest BCUT2D eigenvalue weighted by atomic mass is 16.5. The van der Waals surface area contributed by atoms with E-state index < -0.39 is 11.9 Å². The number of benzene rings is 2. The third-order valence-corrected chi connectivity index (χ3v) is 3.66. The van der Waals surface area contributed by atoms with E-state index in [0.29, 0.717) is 13.0 Å². The lowest BCUT2D eigenvalue weighted by Crippen LogP contribution is -2.38. The van der Waals surface area contributed by atoms with Gasteiger partial charge in [-0.2, -0.15) is 0 Å². The number of carbonyl (C=O) groups excluding carboxylic acids is 1. The van der Waals surface area contributed by atoms with E-state index >= 15 is 0 Å². The second-order valence-electron chi connectivity index (χ2n) is 6.39. The summed E-state index contributed by atoms with van der Waals surface area (Å²) in [4.78, 5) is 10.6. The van der Waals surface area contributed by atoms with E-state index in [1.54, 1.807) is 24.3 Å². The summed E-state index contributed by atoms with van der Waals surface area (Å²) in [5.74, 6) is 0.643. The topological polar surface area (TPSA) is 125 Å². The van der Waals surface area contributed by atoms with Gasteiger partial charge in [-0.3, -0.25) is 4.79 Å². The molecule has 0 aromatic heterocycles. The summed E-state index contributed by atoms with van der Waals surface area (Å²) in [5, 5.41) is 8.98. The number of aryl methyl sites for hydroxylation is 2. The van der Waals surface area contributed by atoms with Gasteiger partial charge in [0.15, 0.2) is 0 Å². The Bertz CT molecular complexity index is 680. The fourth-order valence-electron chi connectivity index (χ4n) is 2.23. The average Bonchev–Trinajstić information content (AvgIpc) is 2.57. The summed E-state index contributed by atoms with van der Waals surface area (Å²) in [5.41, 5.74) is 19.3. The first kappa shape index (κ1) is 21.5. The number of hydrogen-bond donors (Lipinski definition) is 4. The predicted molar refractivity (Wildman–Crippen MR) is 104 cm³/mol. The van der Waals surface area contributed by atoms with Crippen LogP contribution in [0.3, 0.4) is 0 Å². The fraction of sp³-hybridized carbons (Fsp3) is 0.350. The van der Waals surface area contributed by atoms with Crippen LogP contribution in [0.2, 0.25) is 0 Å². The molecular weight excluding hydrogens is 330 g/mol. The van der Waals surface area contributed by atoms with Gasteiger partial charge in [0.1, 0.15) is 18.1 Å². The lowest BCUT2D eigenvalue weighted by molar-refractivity contribution is -0.119. The number of phenols is 1. The van der Waals surface area contributed by atoms with Crippen LogP contribution in [0.25, 0.3) is 0 Å². The van der Waals surface area contributed by atoms with Crippen molar-refractivity contribution in [3.8, 4) is 11.5 Å². The second-order valence-corrected chi connectivity index (χ2v) is 6.39. The van der Waals surface area contributed by atoms with Crippen molar-refractivity contribution in [3.05, 3.63) is 59.2 Å². The van der Waals surface area contributed by atoms with Gasteiger partial charge in [0.05, 0.1) is 6.04 Å². The van der Waals surface area contributed by atoms with Crippen LogP contribution >= 0.6 is 0 Å². The molecule has 1 amide bonds. The van der Waals surface area contributed by atoms with Crippen molar-refractivity contribution in [2.24, 2.45) is 17.2 Å². The molecule has 2 unspecified atom stereocenters. The number of primary amides is 1. The summed E-state index contributed by atoms with van der Waals surface area (Å²) < 4.78 is 5.60. The van der Waals surface area contributed by atoms with Crippen molar-refractivity contribution in [3.63, 3.8) is 0 Å². The lowest BCUT2D eigenvalue weighted by Gasteiger charge is -2.13. The third kappa shape index (κ3) is 7.55. The Morgan fingerprint density at radius 2 is 1.62 bits per heavy atom. The number of hydrogen-bond acceptors (Lipinski definition) is 5. The van der Waals surface area contributed by atoms with E-state index in [2.05, 4.69) is 0 Å². The molecule has 2 atom stereocenters. The molecule has 6 heteroatoms. The van der Waals surface area contributed by atoms with Gasteiger partial charge < -0.3 is 27.0 Å². The maximum Gasteiger partial charge on any atom is 0.234 e. The van der Waals surface area contributed by atoms with Crippen molar-refractivity contribution < 1.29 is 14.6 Å². The number of carbonyl (C=O) groups is 1. The summed E-state index contributed by atoms with van der Waals surface area (Å²) in [6.45, 7) is 6.60. The van der Waals surface area contributed by atoms with Crippen LogP contribution in [0.5, 0.6) is 11.5 Å². The maximum atomic E-state index is 10.6. The Balaban J connectivity index is 0.000000260. The molecule has 2 aromatic rings. The van der Waals surface area contributed by atoms with Crippen LogP contribution in [0, 0.1) is 13.8 Å². The van der Waals surface area contributed by atoms with Crippen LogP contribution in [-0.4, -0.2) is 29.7 Å². The molecule has 0 aliphatic rings. The molecule has 0 heterocycles. The van der Waals surface area contributed by atoms with Gasteiger partial charge in [0.2, 0.25) is 5.91 Å². The first-order valence-corrected chi connectivity index (χ1v) is 8.48. The van der Waals surface area contributed by atoms with E-state index in [9.17, 15) is 4.79 Å². The van der Waals surface area contributed by atoms with E-state index in [0.717, 1.165) is 11.3 Å². The van der Waals surface area contributed by atoms with Gasteiger partial charge in [-0.25, -0.2) is 0 Å². The fourth-order valence-corrected chi connectivity index (χ4v) is 2.23. The average molecular weight is 359 g/mol. The molecule has 142 valence electrons. The van der Waals surface area contributed by atoms with Gasteiger partial charge in [-0.1, -0.05) is 30.3 Å². The van der Waals surface area contributed by atoms with Crippen LogP contribution in [0.15, 0.2) is 42.5 Å². The van der Waals surface area contributed by atoms with Gasteiger partial charge in [-0.15, -0.1) is 0 Å². The molecule has 7 N–H and O–H groups in total. The van der Waals surface area contributed by atoms with Crippen LogP contribution in [0.1, 0.15) is 23.6 Å². The van der Waals surface area contributed by atoms with Gasteiger partial charge in [0.25, 0.3) is 0 Å². The first-order valence-electron chi connectivity index (χ1n) is 8.48. The largest absolute Gasteiger partial charge is 0.508 e. The van der Waals surface area contributed by atoms with Crippen molar-refractivity contribution >= 4 is 5.91 Å². The quantitative estimate of drug-likeness (QED) is 0.626. The van der Waals surface area contributed by atoms with Crippen molar-refractivity contribution in [1.29, 1.82) is 0 Å². The molecule has 0 aliphatic heterocycles. The summed E-state index contributed by atoms with van der Waals surface area (Å²) in [6.07, 6.45) is 0.398. The second kappa shape index (κ2) is 10.4. The van der Waals surface area contributed by atoms with E-state index in [1.165, 1.54) is 11.1 Å².